The second kappa shape index (κ2) is 9.68. The van der Waals surface area contributed by atoms with Crippen LogP contribution in [0.2, 0.25) is 10.3 Å². The van der Waals surface area contributed by atoms with Crippen LogP contribution in [0.4, 0.5) is 0 Å². The lowest BCUT2D eigenvalue weighted by molar-refractivity contribution is 0.246. The topological polar surface area (TPSA) is 84.7 Å². The summed E-state index contributed by atoms with van der Waals surface area (Å²) in [6.07, 6.45) is 7.08. The standard InChI is InChI=1S/C14H14ClN5S.C9H8ClN3S/c1-19-4-2-9(18-19)6-20-5-3-10-11(7-20)21-14-12(10)13(15)16-8-17-14;10-8-7-5-1-2-11-3-6(5)14-9(7)13-4-12-8/h2,4,8H,3,5-7H2,1H3;4,11H,1-3H2. The summed E-state index contributed by atoms with van der Waals surface area (Å²) < 4.78 is 1.85. The molecule has 0 aliphatic carbocycles. The number of fused-ring (bicyclic) bond motifs is 6. The minimum atomic E-state index is 0.579. The van der Waals surface area contributed by atoms with Gasteiger partial charge in [0.1, 0.15) is 32.6 Å². The molecule has 2 aliphatic rings. The molecule has 7 rings (SSSR count). The van der Waals surface area contributed by atoms with Crippen LogP contribution in [0.1, 0.15) is 26.6 Å². The number of thiophene rings is 2. The SMILES string of the molecule is Clc1ncnc2sc3c(c12)CCNC3.Cn1ccc(CN2CCc3c(sc4ncnc(Cl)c34)C2)n1. The largest absolute Gasteiger partial charge is 0.312 e. The second-order valence-corrected chi connectivity index (χ2v) is 11.4. The Labute approximate surface area is 220 Å². The number of hydrogen-bond donors (Lipinski definition) is 1. The van der Waals surface area contributed by atoms with Crippen molar-refractivity contribution in [2.24, 2.45) is 7.05 Å². The molecule has 0 amide bonds. The van der Waals surface area contributed by atoms with Gasteiger partial charge in [0.2, 0.25) is 0 Å². The molecule has 2 aliphatic heterocycles. The molecule has 0 fully saturated rings. The zero-order chi connectivity index (χ0) is 23.9. The third-order valence-electron chi connectivity index (χ3n) is 6.29. The summed E-state index contributed by atoms with van der Waals surface area (Å²) in [6.45, 7) is 4.79. The Balaban J connectivity index is 0.000000141. The van der Waals surface area contributed by atoms with E-state index in [9.17, 15) is 0 Å². The Kier molecular flexibility index (Phi) is 6.42. The summed E-state index contributed by atoms with van der Waals surface area (Å²) in [7, 11) is 1.95. The number of hydrogen-bond acceptors (Lipinski definition) is 9. The lowest BCUT2D eigenvalue weighted by Crippen LogP contribution is -2.29. The summed E-state index contributed by atoms with van der Waals surface area (Å²) in [5.41, 5.74) is 3.78. The first-order valence-corrected chi connectivity index (χ1v) is 13.7. The highest BCUT2D eigenvalue weighted by atomic mass is 35.5. The molecule has 1 N–H and O–H groups in total. The predicted octanol–water partition coefficient (Wildman–Crippen LogP) is 4.63. The average Bonchev–Trinajstić information content (AvgIpc) is 3.54. The molecular weight excluding hydrogens is 523 g/mol. The van der Waals surface area contributed by atoms with E-state index in [2.05, 4.69) is 41.3 Å². The van der Waals surface area contributed by atoms with Gasteiger partial charge in [-0.3, -0.25) is 9.58 Å². The lowest BCUT2D eigenvalue weighted by atomic mass is 10.1. The number of rotatable bonds is 2. The smallest absolute Gasteiger partial charge is 0.141 e. The summed E-state index contributed by atoms with van der Waals surface area (Å²) in [5.74, 6) is 0. The van der Waals surface area contributed by atoms with Gasteiger partial charge in [0.25, 0.3) is 0 Å². The van der Waals surface area contributed by atoms with Gasteiger partial charge < -0.3 is 5.32 Å². The number of aromatic nitrogens is 6. The quantitative estimate of drug-likeness (QED) is 0.324. The Bertz CT molecular complexity index is 1530. The molecule has 180 valence electrons. The van der Waals surface area contributed by atoms with E-state index in [4.69, 9.17) is 23.2 Å². The molecule has 0 aromatic carbocycles. The minimum absolute atomic E-state index is 0.579. The van der Waals surface area contributed by atoms with Crippen molar-refractivity contribution in [1.29, 1.82) is 0 Å². The molecular formula is C23H22Cl2N8S2. The molecule has 0 atom stereocenters. The van der Waals surface area contributed by atoms with Crippen molar-refractivity contribution in [2.45, 2.75) is 32.5 Å². The fraction of sp³-hybridized carbons (Fsp3) is 0.348. The first kappa shape index (κ1) is 23.2. The zero-order valence-corrected chi connectivity index (χ0v) is 22.1. The number of aryl methyl sites for hydroxylation is 1. The van der Waals surface area contributed by atoms with Crippen LogP contribution in [0.25, 0.3) is 20.4 Å². The van der Waals surface area contributed by atoms with Crippen LogP contribution in [-0.2, 0) is 39.5 Å². The van der Waals surface area contributed by atoms with Gasteiger partial charge in [0, 0.05) is 49.2 Å². The van der Waals surface area contributed by atoms with Gasteiger partial charge in [-0.05, 0) is 36.6 Å². The highest BCUT2D eigenvalue weighted by Crippen LogP contribution is 2.37. The highest BCUT2D eigenvalue weighted by molar-refractivity contribution is 7.19. The van der Waals surface area contributed by atoms with Crippen molar-refractivity contribution in [3.05, 3.63) is 61.8 Å². The Hall–Kier alpha value is -2.21. The van der Waals surface area contributed by atoms with Crippen molar-refractivity contribution in [3.63, 3.8) is 0 Å². The Morgan fingerprint density at radius 2 is 1.63 bits per heavy atom. The summed E-state index contributed by atoms with van der Waals surface area (Å²) in [5, 5.41) is 11.1. The molecule has 12 heteroatoms. The van der Waals surface area contributed by atoms with E-state index >= 15 is 0 Å². The van der Waals surface area contributed by atoms with E-state index < -0.39 is 0 Å². The highest BCUT2D eigenvalue weighted by Gasteiger charge is 2.23. The van der Waals surface area contributed by atoms with Crippen LogP contribution in [0.5, 0.6) is 0 Å². The first-order chi connectivity index (χ1) is 17.1. The fourth-order valence-corrected chi connectivity index (χ4v) is 7.67. The third kappa shape index (κ3) is 4.54. The average molecular weight is 546 g/mol. The maximum atomic E-state index is 6.23. The van der Waals surface area contributed by atoms with Gasteiger partial charge in [-0.15, -0.1) is 22.7 Å². The molecule has 8 nitrogen and oxygen atoms in total. The van der Waals surface area contributed by atoms with Crippen LogP contribution in [-0.4, -0.2) is 47.7 Å². The van der Waals surface area contributed by atoms with E-state index in [1.165, 1.54) is 33.5 Å². The molecule has 0 spiro atoms. The molecule has 0 saturated heterocycles. The van der Waals surface area contributed by atoms with Crippen molar-refractivity contribution in [3.8, 4) is 0 Å². The predicted molar refractivity (Wildman–Crippen MR) is 141 cm³/mol. The van der Waals surface area contributed by atoms with Crippen LogP contribution >= 0.6 is 45.9 Å². The molecule has 0 radical (unpaired) electrons. The summed E-state index contributed by atoms with van der Waals surface area (Å²) >= 11 is 15.8. The maximum absolute atomic E-state index is 6.23. The lowest BCUT2D eigenvalue weighted by Gasteiger charge is -2.25. The van der Waals surface area contributed by atoms with E-state index in [0.717, 1.165) is 71.7 Å². The van der Waals surface area contributed by atoms with Crippen LogP contribution in [0, 0.1) is 0 Å². The molecule has 35 heavy (non-hydrogen) atoms. The number of nitrogens with zero attached hydrogens (tertiary/aromatic N) is 7. The maximum Gasteiger partial charge on any atom is 0.141 e. The van der Waals surface area contributed by atoms with Crippen LogP contribution < -0.4 is 5.32 Å². The molecule has 0 unspecified atom stereocenters. The van der Waals surface area contributed by atoms with Crippen molar-refractivity contribution in [2.75, 3.05) is 13.1 Å². The van der Waals surface area contributed by atoms with Gasteiger partial charge >= 0.3 is 0 Å². The van der Waals surface area contributed by atoms with Gasteiger partial charge in [-0.1, -0.05) is 23.2 Å². The molecule has 0 saturated carbocycles. The number of nitrogens with one attached hydrogen (secondary N) is 1. The van der Waals surface area contributed by atoms with E-state index in [1.54, 1.807) is 22.7 Å². The zero-order valence-electron chi connectivity index (χ0n) is 19.0. The van der Waals surface area contributed by atoms with Crippen LogP contribution in [0.15, 0.2) is 24.9 Å². The van der Waals surface area contributed by atoms with Crippen LogP contribution in [0.3, 0.4) is 0 Å². The van der Waals surface area contributed by atoms with Crippen molar-refractivity contribution < 1.29 is 0 Å². The molecule has 7 heterocycles. The first-order valence-electron chi connectivity index (χ1n) is 11.3. The van der Waals surface area contributed by atoms with E-state index in [0.29, 0.717) is 10.3 Å². The third-order valence-corrected chi connectivity index (χ3v) is 9.12. The minimum Gasteiger partial charge on any atom is -0.312 e. The van der Waals surface area contributed by atoms with Crippen molar-refractivity contribution >= 4 is 66.3 Å². The van der Waals surface area contributed by atoms with Gasteiger partial charge in [-0.25, -0.2) is 19.9 Å². The summed E-state index contributed by atoms with van der Waals surface area (Å²) in [6, 6.07) is 2.07. The molecule has 5 aromatic heterocycles. The Morgan fingerprint density at radius 1 is 0.943 bits per heavy atom. The Morgan fingerprint density at radius 3 is 2.31 bits per heavy atom. The van der Waals surface area contributed by atoms with Crippen molar-refractivity contribution in [1.82, 2.24) is 39.9 Å². The second-order valence-electron chi connectivity index (χ2n) is 8.57. The van der Waals surface area contributed by atoms with Gasteiger partial charge in [0.15, 0.2) is 0 Å². The monoisotopic (exact) mass is 544 g/mol. The van der Waals surface area contributed by atoms with Gasteiger partial charge in [0.05, 0.1) is 16.5 Å². The number of halogens is 2. The molecule has 0 bridgehead atoms. The fourth-order valence-electron chi connectivity index (χ4n) is 4.67. The molecule has 5 aromatic rings. The normalized spacial score (nSPS) is 15.6. The van der Waals surface area contributed by atoms with Gasteiger partial charge in [-0.2, -0.15) is 5.10 Å². The summed E-state index contributed by atoms with van der Waals surface area (Å²) in [4.78, 5) is 23.9. The van der Waals surface area contributed by atoms with E-state index in [1.807, 2.05) is 17.9 Å². The van der Waals surface area contributed by atoms with E-state index in [-0.39, 0.29) is 0 Å².